The van der Waals surface area contributed by atoms with Crippen LogP contribution in [0.2, 0.25) is 0 Å². The van der Waals surface area contributed by atoms with Gasteiger partial charge in [-0.25, -0.2) is 0 Å². The second kappa shape index (κ2) is 3.81. The highest BCUT2D eigenvalue weighted by atomic mass is 32.2. The van der Waals surface area contributed by atoms with Crippen molar-refractivity contribution in [3.8, 4) is 5.75 Å². The van der Waals surface area contributed by atoms with Gasteiger partial charge < -0.3 is 4.74 Å². The Morgan fingerprint density at radius 2 is 2.19 bits per heavy atom. The summed E-state index contributed by atoms with van der Waals surface area (Å²) < 4.78 is 5.40. The van der Waals surface area contributed by atoms with Crippen LogP contribution in [-0.4, -0.2) is 17.5 Å². The zero-order valence-corrected chi connectivity index (χ0v) is 10.0. The third-order valence-electron chi connectivity index (χ3n) is 3.57. The average molecular weight is 234 g/mol. The topological polar surface area (TPSA) is 26.3 Å². The van der Waals surface area contributed by atoms with Gasteiger partial charge in [0, 0.05) is 11.7 Å². The van der Waals surface area contributed by atoms with E-state index in [2.05, 4.69) is 6.07 Å². The largest absolute Gasteiger partial charge is 0.496 e. The number of rotatable bonds is 1. The maximum Gasteiger partial charge on any atom is 0.189 e. The van der Waals surface area contributed by atoms with Crippen LogP contribution >= 0.6 is 11.8 Å². The van der Waals surface area contributed by atoms with Gasteiger partial charge in [-0.3, -0.25) is 4.79 Å². The molecule has 2 nitrogen and oxygen atoms in total. The van der Waals surface area contributed by atoms with Crippen molar-refractivity contribution in [3.05, 3.63) is 29.3 Å². The zero-order valence-electron chi connectivity index (χ0n) is 9.23. The van der Waals surface area contributed by atoms with E-state index in [1.807, 2.05) is 12.1 Å². The van der Waals surface area contributed by atoms with Gasteiger partial charge in [0.1, 0.15) is 5.75 Å². The van der Waals surface area contributed by atoms with Crippen molar-refractivity contribution in [2.75, 3.05) is 7.11 Å². The van der Waals surface area contributed by atoms with Crippen molar-refractivity contribution in [1.82, 2.24) is 0 Å². The van der Waals surface area contributed by atoms with Crippen molar-refractivity contribution >= 4 is 16.9 Å². The van der Waals surface area contributed by atoms with Gasteiger partial charge in [0.05, 0.1) is 7.11 Å². The van der Waals surface area contributed by atoms with E-state index in [1.165, 1.54) is 11.1 Å². The summed E-state index contributed by atoms with van der Waals surface area (Å²) in [7, 11) is 1.72. The number of ether oxygens (including phenoxy) is 1. The van der Waals surface area contributed by atoms with Gasteiger partial charge in [-0.2, -0.15) is 0 Å². The fourth-order valence-electron chi connectivity index (χ4n) is 2.77. The molecule has 1 aliphatic carbocycles. The summed E-state index contributed by atoms with van der Waals surface area (Å²) in [5, 5.41) is 0.869. The predicted molar refractivity (Wildman–Crippen MR) is 64.9 cm³/mol. The van der Waals surface area contributed by atoms with Gasteiger partial charge in [-0.15, -0.1) is 0 Å². The maximum absolute atomic E-state index is 11.4. The molecule has 84 valence electrons. The molecule has 16 heavy (non-hydrogen) atoms. The van der Waals surface area contributed by atoms with E-state index in [-0.39, 0.29) is 0 Å². The van der Waals surface area contributed by atoms with E-state index < -0.39 is 0 Å². The van der Waals surface area contributed by atoms with Crippen LogP contribution in [0.1, 0.15) is 17.5 Å². The Balaban J connectivity index is 1.98. The SMILES string of the molecule is COc1cccc2c1C[C@H]1CC(=O)S[C@H]1C2. The highest BCUT2D eigenvalue weighted by Gasteiger charge is 2.38. The van der Waals surface area contributed by atoms with E-state index in [1.54, 1.807) is 18.9 Å². The van der Waals surface area contributed by atoms with Crippen molar-refractivity contribution in [2.45, 2.75) is 24.5 Å². The van der Waals surface area contributed by atoms with Crippen LogP contribution in [0.4, 0.5) is 0 Å². The minimum atomic E-state index is 0.363. The normalized spacial score (nSPS) is 27.4. The Hall–Kier alpha value is -0.960. The Labute approximate surface area is 99.4 Å². The molecule has 1 fully saturated rings. The summed E-state index contributed by atoms with van der Waals surface area (Å²) in [6.07, 6.45) is 2.77. The summed E-state index contributed by atoms with van der Waals surface area (Å²) in [4.78, 5) is 11.4. The molecule has 0 N–H and O–H groups in total. The average Bonchev–Trinajstić information content (AvgIpc) is 2.64. The molecule has 0 bridgehead atoms. The molecule has 1 aromatic carbocycles. The molecule has 2 atom stereocenters. The fraction of sp³-hybridized carbons (Fsp3) is 0.462. The Kier molecular flexibility index (Phi) is 2.43. The zero-order chi connectivity index (χ0) is 11.1. The van der Waals surface area contributed by atoms with Crippen molar-refractivity contribution < 1.29 is 9.53 Å². The monoisotopic (exact) mass is 234 g/mol. The first-order chi connectivity index (χ1) is 7.78. The lowest BCUT2D eigenvalue weighted by Crippen LogP contribution is -2.24. The lowest BCUT2D eigenvalue weighted by molar-refractivity contribution is -0.111. The Bertz CT molecular complexity index is 442. The number of methoxy groups -OCH3 is 1. The van der Waals surface area contributed by atoms with Crippen LogP contribution in [0.15, 0.2) is 18.2 Å². The highest BCUT2D eigenvalue weighted by molar-refractivity contribution is 8.14. The van der Waals surface area contributed by atoms with Crippen LogP contribution in [0.5, 0.6) is 5.75 Å². The lowest BCUT2D eigenvalue weighted by Gasteiger charge is -2.27. The first-order valence-corrected chi connectivity index (χ1v) is 6.50. The molecule has 0 unspecified atom stereocenters. The Morgan fingerprint density at radius 1 is 1.31 bits per heavy atom. The number of hydrogen-bond donors (Lipinski definition) is 0. The molecule has 0 saturated carbocycles. The standard InChI is InChI=1S/C13H14O2S/c1-15-11-4-2-3-8-6-12-9(5-10(8)11)7-13(14)16-12/h2-4,9,12H,5-7H2,1H3/t9-,12-/m0/s1. The van der Waals surface area contributed by atoms with Crippen molar-refractivity contribution in [3.63, 3.8) is 0 Å². The second-order valence-corrected chi connectivity index (χ2v) is 5.80. The summed E-state index contributed by atoms with van der Waals surface area (Å²) >= 11 is 1.55. The minimum absolute atomic E-state index is 0.363. The van der Waals surface area contributed by atoms with E-state index in [0.717, 1.165) is 25.0 Å². The molecule has 3 heteroatoms. The third-order valence-corrected chi connectivity index (χ3v) is 4.86. The molecular weight excluding hydrogens is 220 g/mol. The van der Waals surface area contributed by atoms with Gasteiger partial charge >= 0.3 is 0 Å². The minimum Gasteiger partial charge on any atom is -0.496 e. The number of fused-ring (bicyclic) bond motifs is 2. The van der Waals surface area contributed by atoms with Crippen LogP contribution in [0.25, 0.3) is 0 Å². The quantitative estimate of drug-likeness (QED) is 0.746. The van der Waals surface area contributed by atoms with Crippen molar-refractivity contribution in [1.29, 1.82) is 0 Å². The van der Waals surface area contributed by atoms with E-state index in [4.69, 9.17) is 4.74 Å². The first kappa shape index (κ1) is 10.2. The lowest BCUT2D eigenvalue weighted by atomic mass is 9.82. The van der Waals surface area contributed by atoms with Gasteiger partial charge in [-0.1, -0.05) is 23.9 Å². The van der Waals surface area contributed by atoms with Gasteiger partial charge in [0.15, 0.2) is 5.12 Å². The predicted octanol–water partition coefficient (Wildman–Crippen LogP) is 2.44. The summed E-state index contributed by atoms with van der Waals surface area (Å²) in [5.74, 6) is 1.52. The van der Waals surface area contributed by atoms with Gasteiger partial charge in [0.25, 0.3) is 0 Å². The molecule has 1 saturated heterocycles. The molecule has 3 rings (SSSR count). The van der Waals surface area contributed by atoms with Gasteiger partial charge in [0.2, 0.25) is 0 Å². The number of benzene rings is 1. The molecule has 0 radical (unpaired) electrons. The summed E-state index contributed by atoms with van der Waals surface area (Å²) in [5.41, 5.74) is 2.68. The molecule has 0 amide bonds. The fourth-order valence-corrected chi connectivity index (χ4v) is 4.07. The maximum atomic E-state index is 11.4. The number of carbonyl (C=O) groups is 1. The molecule has 1 aromatic rings. The molecule has 0 spiro atoms. The van der Waals surface area contributed by atoms with Gasteiger partial charge in [-0.05, 0) is 36.0 Å². The van der Waals surface area contributed by atoms with Crippen LogP contribution in [0.3, 0.4) is 0 Å². The number of thioether (sulfide) groups is 1. The van der Waals surface area contributed by atoms with E-state index in [0.29, 0.717) is 16.3 Å². The molecule has 1 aliphatic heterocycles. The molecule has 1 heterocycles. The van der Waals surface area contributed by atoms with Crippen LogP contribution < -0.4 is 4.74 Å². The highest BCUT2D eigenvalue weighted by Crippen LogP contribution is 2.44. The molecule has 2 aliphatic rings. The van der Waals surface area contributed by atoms with E-state index >= 15 is 0 Å². The molecule has 0 aromatic heterocycles. The van der Waals surface area contributed by atoms with Crippen LogP contribution in [-0.2, 0) is 17.6 Å². The summed E-state index contributed by atoms with van der Waals surface area (Å²) in [6, 6.07) is 6.22. The number of hydrogen-bond acceptors (Lipinski definition) is 3. The Morgan fingerprint density at radius 3 is 3.00 bits per heavy atom. The van der Waals surface area contributed by atoms with Crippen molar-refractivity contribution in [2.24, 2.45) is 5.92 Å². The smallest absolute Gasteiger partial charge is 0.189 e. The third kappa shape index (κ3) is 1.54. The summed E-state index contributed by atoms with van der Waals surface area (Å²) in [6.45, 7) is 0. The number of carbonyl (C=O) groups excluding carboxylic acids is 1. The second-order valence-electron chi connectivity index (χ2n) is 4.50. The first-order valence-electron chi connectivity index (χ1n) is 5.62. The van der Waals surface area contributed by atoms with Crippen LogP contribution in [0, 0.1) is 5.92 Å². The molecular formula is C13H14O2S. The van der Waals surface area contributed by atoms with E-state index in [9.17, 15) is 4.79 Å².